The molecule has 21 nitrogen and oxygen atoms in total. The predicted molar refractivity (Wildman–Crippen MR) is 208 cm³/mol. The van der Waals surface area contributed by atoms with Crippen LogP contribution < -0.4 is 31.0 Å². The number of rotatable bonds is 12. The highest BCUT2D eigenvalue weighted by molar-refractivity contribution is 7.90. The highest BCUT2D eigenvalue weighted by atomic mass is 35.5. The number of carboxylic acids is 2. The number of aromatic carboxylic acids is 1. The number of carbonyl (C=O) groups is 3. The number of hydrogen-bond acceptors (Lipinski definition) is 16. The number of amides is 2. The van der Waals surface area contributed by atoms with Crippen molar-refractivity contribution in [2.45, 2.75) is 50.5 Å². The summed E-state index contributed by atoms with van der Waals surface area (Å²) in [6.07, 6.45) is 5.15. The summed E-state index contributed by atoms with van der Waals surface area (Å²) in [6, 6.07) is 1.78. The maximum Gasteiger partial charge on any atom is 0.442 e. The van der Waals surface area contributed by atoms with Gasteiger partial charge in [-0.25, -0.2) is 27.5 Å². The summed E-state index contributed by atoms with van der Waals surface area (Å²) in [6.45, 7) is 8.40. The number of nitrogens with two attached hydrogens (primary N) is 1. The van der Waals surface area contributed by atoms with Gasteiger partial charge in [0.25, 0.3) is 10.0 Å². The molecule has 57 heavy (non-hydrogen) atoms. The second kappa shape index (κ2) is 20.4. The third kappa shape index (κ3) is 15.1. The molecule has 1 aromatic carbocycles. The van der Waals surface area contributed by atoms with Crippen LogP contribution in [-0.4, -0.2) is 98.8 Å². The molecule has 310 valence electrons. The number of nitrogens with zero attached hydrogens (tertiary/aromatic N) is 5. The van der Waals surface area contributed by atoms with Crippen molar-refractivity contribution in [1.82, 2.24) is 29.5 Å². The van der Waals surface area contributed by atoms with E-state index in [0.717, 1.165) is 22.1 Å². The number of halogens is 2. The Morgan fingerprint density at radius 2 is 1.82 bits per heavy atom. The zero-order valence-electron chi connectivity index (χ0n) is 30.8. The Hall–Kier alpha value is -5.08. The van der Waals surface area contributed by atoms with Crippen molar-refractivity contribution < 1.29 is 56.4 Å². The molecule has 7 N–H and O–H groups in total. The lowest BCUT2D eigenvalue weighted by Crippen LogP contribution is -2.35. The van der Waals surface area contributed by atoms with Crippen LogP contribution in [0.15, 0.2) is 37.7 Å². The van der Waals surface area contributed by atoms with E-state index in [4.69, 9.17) is 64.4 Å². The van der Waals surface area contributed by atoms with Crippen LogP contribution in [0.3, 0.4) is 0 Å². The molecule has 4 aromatic rings. The van der Waals surface area contributed by atoms with Crippen molar-refractivity contribution >= 4 is 75.8 Å². The van der Waals surface area contributed by atoms with E-state index in [9.17, 15) is 32.2 Å². The summed E-state index contributed by atoms with van der Waals surface area (Å²) in [4.78, 5) is 64.1. The molecule has 0 aliphatic rings. The SMILES string of the molecule is C#CCOc1cc(-n2nc(C(C)(C)C)oc2=O)c(Cl)cc1Cl.COc1nc(C)nc(NC(=O)NS(=O)(=O)c2ccsc2C(=O)O)n1.CP(=O)(O)CCC(N)C(=O)O. The maximum absolute atomic E-state index is 12.1. The highest BCUT2D eigenvalue weighted by Crippen LogP contribution is 2.36. The number of nitrogens with one attached hydrogen (secondary N) is 2. The van der Waals surface area contributed by atoms with E-state index in [1.807, 2.05) is 20.8 Å². The fourth-order valence-electron chi connectivity index (χ4n) is 3.72. The minimum atomic E-state index is -4.37. The number of methoxy groups -OCH3 is 1. The molecule has 0 bridgehead atoms. The Morgan fingerprint density at radius 3 is 2.35 bits per heavy atom. The first-order valence-corrected chi connectivity index (χ1v) is 21.1. The number of carbonyl (C=O) groups excluding carboxylic acids is 1. The van der Waals surface area contributed by atoms with Crippen LogP contribution in [0, 0.1) is 19.3 Å². The molecule has 0 spiro atoms. The maximum atomic E-state index is 12.1. The number of aryl methyl sites for hydroxylation is 1. The largest absolute Gasteiger partial charge is 0.480 e. The minimum absolute atomic E-state index is 0.0412. The molecule has 2 amide bonds. The van der Waals surface area contributed by atoms with Gasteiger partial charge in [-0.15, -0.1) is 22.9 Å². The Bertz CT molecular complexity index is 2350. The number of urea groups is 1. The van der Waals surface area contributed by atoms with Gasteiger partial charge < -0.3 is 34.7 Å². The zero-order chi connectivity index (χ0) is 43.5. The van der Waals surface area contributed by atoms with Gasteiger partial charge in [0.05, 0.1) is 22.8 Å². The predicted octanol–water partition coefficient (Wildman–Crippen LogP) is 3.59. The molecule has 0 aliphatic heterocycles. The van der Waals surface area contributed by atoms with E-state index >= 15 is 0 Å². The Balaban J connectivity index is 0.000000316. The highest BCUT2D eigenvalue weighted by Gasteiger charge is 2.27. The third-order valence-electron chi connectivity index (χ3n) is 6.38. The number of hydrogen-bond donors (Lipinski definition) is 6. The number of sulfonamides is 1. The minimum Gasteiger partial charge on any atom is -0.480 e. The van der Waals surface area contributed by atoms with E-state index in [2.05, 4.69) is 31.3 Å². The molecule has 3 heterocycles. The van der Waals surface area contributed by atoms with Crippen molar-refractivity contribution in [1.29, 1.82) is 0 Å². The van der Waals surface area contributed by atoms with Gasteiger partial charge in [0.2, 0.25) is 11.8 Å². The van der Waals surface area contributed by atoms with Crippen molar-refractivity contribution in [3.8, 4) is 29.8 Å². The van der Waals surface area contributed by atoms with Gasteiger partial charge in [0.1, 0.15) is 34.0 Å². The van der Waals surface area contributed by atoms with E-state index in [1.54, 1.807) is 4.72 Å². The summed E-state index contributed by atoms with van der Waals surface area (Å²) in [5.41, 5.74) is 4.99. The number of aromatic nitrogens is 5. The van der Waals surface area contributed by atoms with Crippen molar-refractivity contribution in [3.63, 3.8) is 0 Å². The molecule has 0 aliphatic carbocycles. The fourth-order valence-corrected chi connectivity index (χ4v) is 7.16. The van der Waals surface area contributed by atoms with Crippen LogP contribution in [-0.2, 0) is 24.8 Å². The second-order valence-corrected chi connectivity index (χ2v) is 18.2. The number of ether oxygens (including phenoxy) is 2. The summed E-state index contributed by atoms with van der Waals surface area (Å²) in [5, 5.41) is 25.3. The van der Waals surface area contributed by atoms with Gasteiger partial charge in [-0.2, -0.15) is 19.6 Å². The summed E-state index contributed by atoms with van der Waals surface area (Å²) in [7, 11) is -6.16. The molecule has 26 heteroatoms. The first-order chi connectivity index (χ1) is 26.3. The average Bonchev–Trinajstić information content (AvgIpc) is 3.75. The number of carboxylic acid groups (broad SMARTS) is 2. The van der Waals surface area contributed by atoms with E-state index < -0.39 is 62.3 Å². The molecular formula is C31H37Cl2N8O13PS2. The van der Waals surface area contributed by atoms with Gasteiger partial charge in [-0.1, -0.05) is 49.9 Å². The quantitative estimate of drug-likeness (QED) is 0.0874. The first-order valence-electron chi connectivity index (χ1n) is 15.6. The molecule has 0 radical (unpaired) electrons. The molecule has 2 atom stereocenters. The normalized spacial score (nSPS) is 12.6. The number of terminal acetylenes is 1. The molecule has 3 aromatic heterocycles. The number of aliphatic carboxylic acids is 1. The Kier molecular flexibility index (Phi) is 17.2. The Labute approximate surface area is 339 Å². The molecule has 2 unspecified atom stereocenters. The zero-order valence-corrected chi connectivity index (χ0v) is 34.9. The van der Waals surface area contributed by atoms with E-state index in [-0.39, 0.29) is 47.0 Å². The van der Waals surface area contributed by atoms with Crippen LogP contribution in [0.1, 0.15) is 48.6 Å². The molecular weight excluding hydrogens is 858 g/mol. The van der Waals surface area contributed by atoms with Gasteiger partial charge in [-0.05, 0) is 30.9 Å². The van der Waals surface area contributed by atoms with Crippen molar-refractivity contribution in [2.24, 2.45) is 5.73 Å². The topological polar surface area (TPSA) is 318 Å². The number of benzene rings is 1. The average molecular weight is 896 g/mol. The monoisotopic (exact) mass is 894 g/mol. The Morgan fingerprint density at radius 1 is 1.18 bits per heavy atom. The molecule has 0 saturated carbocycles. The van der Waals surface area contributed by atoms with Gasteiger partial charge in [0, 0.05) is 24.3 Å². The molecule has 0 saturated heterocycles. The van der Waals surface area contributed by atoms with Gasteiger partial charge in [0.15, 0.2) is 7.37 Å². The van der Waals surface area contributed by atoms with E-state index in [1.165, 1.54) is 38.2 Å². The lowest BCUT2D eigenvalue weighted by atomic mass is 9.97. The van der Waals surface area contributed by atoms with Crippen LogP contribution in [0.4, 0.5) is 10.7 Å². The van der Waals surface area contributed by atoms with E-state index in [0.29, 0.717) is 17.3 Å². The second-order valence-electron chi connectivity index (χ2n) is 12.2. The lowest BCUT2D eigenvalue weighted by Gasteiger charge is -2.11. The fraction of sp³-hybridized carbons (Fsp3) is 0.355. The summed E-state index contributed by atoms with van der Waals surface area (Å²) >= 11 is 12.9. The number of anilines is 1. The molecule has 4 rings (SSSR count). The third-order valence-corrected chi connectivity index (χ3v) is 10.5. The van der Waals surface area contributed by atoms with Crippen LogP contribution in [0.25, 0.3) is 5.69 Å². The first kappa shape index (κ1) is 48.1. The standard InChI is InChI=1S/C15H14Cl2N2O3.C11H11N5O6S2.C5H12NO4P/c1-5-6-21-12-8-11(9(16)7-10(12)17)19-14(20)22-13(18-19)15(2,3)4;1-5-12-9(15-11(13-5)22-2)14-10(19)16-24(20,21)6-3-4-23-7(6)8(17)18;1-11(9,10)3-2-4(6)5(7)8/h1,7-8H,6H2,2-4H3;3-4H,1-2H3,(H,17,18)(H2,12,13,14,15,16,19);4H,2-3,6H2,1H3,(H,7,8)(H,9,10). The smallest absolute Gasteiger partial charge is 0.442 e. The van der Waals surface area contributed by atoms with Crippen molar-refractivity contribution in [3.05, 3.63) is 60.8 Å². The van der Waals surface area contributed by atoms with Gasteiger partial charge >= 0.3 is 29.7 Å². The van der Waals surface area contributed by atoms with Crippen molar-refractivity contribution in [2.75, 3.05) is 31.9 Å². The summed E-state index contributed by atoms with van der Waals surface area (Å²) < 4.78 is 52.9. The lowest BCUT2D eigenvalue weighted by molar-refractivity contribution is -0.138. The van der Waals surface area contributed by atoms with Crippen LogP contribution in [0.2, 0.25) is 10.0 Å². The number of thiophene rings is 1. The molecule has 0 fully saturated rings. The van der Waals surface area contributed by atoms with Crippen LogP contribution >= 0.6 is 41.9 Å². The van der Waals surface area contributed by atoms with Crippen LogP contribution in [0.5, 0.6) is 11.8 Å². The van der Waals surface area contributed by atoms with Gasteiger partial charge in [-0.3, -0.25) is 14.7 Å². The summed E-state index contributed by atoms with van der Waals surface area (Å²) in [5.74, 6) is -0.232.